The first-order valence-corrected chi connectivity index (χ1v) is 31.6. The zero-order chi connectivity index (χ0) is 57.0. The number of hydrogen-bond donors (Lipinski definition) is 10. The molecule has 6 fully saturated rings. The molecule has 1 aliphatic carbocycles. The first-order valence-electron chi connectivity index (χ1n) is 30.1. The normalized spacial score (nSPS) is 29.0. The zero-order valence-corrected chi connectivity index (χ0v) is 49.8. The van der Waals surface area contributed by atoms with Gasteiger partial charge < -0.3 is 50.4 Å². The average molecular weight is 1170 g/mol. The standard InChI is InChI=1S/C58H92ClN13O8S/c1-6-38(7-2)48-28-51(72-55(66-48)47(59)30-64-72)65-43-17-16-42(26-43)61-31-52(74)60-18-10-12-44-33-69(68-67-44)19-20-78-21-22-79-23-24-80-50-25-39(54-37(5)63-35-81-54)14-15-40(50)29-62-56(75)49-27-45(73)34-70(49)58(77)53(36(3)4)71-32-41-11-8-9-13-46(41)57(71)76/h8-9,11,13-15,25,36-38,42-45,47-49,51,53-55,61,63-68,73H,6-7,10,12,16-24,26-35H2,1-5H3,(H,60,74)(H,62,75)/t37?,42?,43-,44?,45+,47?,48?,49-,51?,53-,54?,55?/m0/s1. The Morgan fingerprint density at radius 1 is 0.951 bits per heavy atom. The summed E-state index contributed by atoms with van der Waals surface area (Å²) < 4.78 is 18.2. The Morgan fingerprint density at radius 3 is 2.52 bits per heavy atom. The summed E-state index contributed by atoms with van der Waals surface area (Å²) in [6, 6.07) is 13.5. The molecule has 5 saturated heterocycles. The van der Waals surface area contributed by atoms with Crippen LogP contribution in [0, 0.1) is 11.8 Å². The number of hydrazine groups is 3. The van der Waals surface area contributed by atoms with Gasteiger partial charge in [0.15, 0.2) is 0 Å². The van der Waals surface area contributed by atoms with Gasteiger partial charge >= 0.3 is 0 Å². The molecule has 23 heteroatoms. The van der Waals surface area contributed by atoms with E-state index in [4.69, 9.17) is 25.8 Å². The number of halogens is 1. The Bertz CT molecular complexity index is 2400. The first-order chi connectivity index (χ1) is 39.3. The average Bonchev–Trinajstić information content (AvgIpc) is 4.43. The Labute approximate surface area is 488 Å². The summed E-state index contributed by atoms with van der Waals surface area (Å²) in [4.78, 5) is 57.6. The highest BCUT2D eigenvalue weighted by Gasteiger charge is 2.47. The van der Waals surface area contributed by atoms with E-state index < -0.39 is 18.2 Å². The summed E-state index contributed by atoms with van der Waals surface area (Å²) in [6.07, 6.45) is 7.93. The van der Waals surface area contributed by atoms with Crippen LogP contribution in [0.1, 0.15) is 125 Å². The molecule has 10 N–H and O–H groups in total. The molecule has 2 aromatic rings. The van der Waals surface area contributed by atoms with Crippen LogP contribution in [0.15, 0.2) is 42.5 Å². The van der Waals surface area contributed by atoms with Crippen molar-refractivity contribution in [2.45, 2.75) is 177 Å². The minimum Gasteiger partial charge on any atom is -0.491 e. The molecule has 6 heterocycles. The fourth-order valence-corrected chi connectivity index (χ4v) is 14.6. The molecule has 0 spiro atoms. The number of alkyl halides is 1. The quantitative estimate of drug-likeness (QED) is 0.0417. The van der Waals surface area contributed by atoms with Crippen LogP contribution >= 0.6 is 23.4 Å². The van der Waals surface area contributed by atoms with Gasteiger partial charge in [0.2, 0.25) is 17.7 Å². The number of carbonyl (C=O) groups is 4. The molecule has 0 aromatic heterocycles. The van der Waals surface area contributed by atoms with Crippen LogP contribution in [-0.4, -0.2) is 193 Å². The van der Waals surface area contributed by atoms with Crippen molar-refractivity contribution in [2.24, 2.45) is 11.8 Å². The smallest absolute Gasteiger partial charge is 0.255 e. The van der Waals surface area contributed by atoms with E-state index in [1.165, 1.54) is 4.90 Å². The van der Waals surface area contributed by atoms with Crippen molar-refractivity contribution >= 4 is 47.0 Å². The second-order valence-electron chi connectivity index (χ2n) is 23.5. The lowest BCUT2D eigenvalue weighted by Crippen LogP contribution is -2.67. The van der Waals surface area contributed by atoms with Crippen LogP contribution in [0.25, 0.3) is 0 Å². The Morgan fingerprint density at radius 2 is 1.74 bits per heavy atom. The maximum atomic E-state index is 14.3. The van der Waals surface area contributed by atoms with Crippen LogP contribution < -0.4 is 53.0 Å². The number of amides is 4. The number of nitrogens with zero attached hydrogens (tertiary/aromatic N) is 4. The van der Waals surface area contributed by atoms with Gasteiger partial charge in [0.1, 0.15) is 24.4 Å². The SMILES string of the molecule is CCC(CC)C1CC(N[C@H]2CCC(NCC(=O)NCCCC3CN(CCOCCOCCOc4cc(C5SCNC5C)ccc4CNC(=O)[C@@H]4C[C@@H](O)CN4C(=O)[C@H](C(C)C)N4Cc5ccccc5C4=O)NN3)C2)N2NCC(Cl)C2N1. The summed E-state index contributed by atoms with van der Waals surface area (Å²) in [7, 11) is 0. The van der Waals surface area contributed by atoms with Gasteiger partial charge in [0.05, 0.1) is 56.8 Å². The third-order valence-electron chi connectivity index (χ3n) is 17.6. The number of aliphatic hydroxyl groups excluding tert-OH is 1. The van der Waals surface area contributed by atoms with Gasteiger partial charge in [-0.3, -0.25) is 35.2 Å². The number of ether oxygens (including phenoxy) is 3. The number of nitrogens with one attached hydrogen (secondary N) is 9. The van der Waals surface area contributed by atoms with E-state index in [2.05, 4.69) is 85.1 Å². The molecule has 8 unspecified atom stereocenters. The van der Waals surface area contributed by atoms with Crippen molar-refractivity contribution in [2.75, 3.05) is 78.2 Å². The largest absolute Gasteiger partial charge is 0.491 e. The highest BCUT2D eigenvalue weighted by Crippen LogP contribution is 2.39. The number of aliphatic hydroxyl groups is 1. The molecule has 4 amide bonds. The van der Waals surface area contributed by atoms with Gasteiger partial charge in [-0.2, -0.15) is 5.53 Å². The van der Waals surface area contributed by atoms with E-state index in [0.29, 0.717) is 94.6 Å². The van der Waals surface area contributed by atoms with E-state index in [-0.39, 0.29) is 84.1 Å². The predicted octanol–water partition coefficient (Wildman–Crippen LogP) is 2.65. The van der Waals surface area contributed by atoms with Crippen molar-refractivity contribution in [3.05, 3.63) is 64.7 Å². The molecule has 7 aliphatic rings. The molecule has 81 heavy (non-hydrogen) atoms. The van der Waals surface area contributed by atoms with E-state index in [0.717, 1.165) is 87.0 Å². The number of fused-ring (bicyclic) bond motifs is 2. The maximum absolute atomic E-state index is 14.3. The summed E-state index contributed by atoms with van der Waals surface area (Å²) in [5, 5.41) is 36.5. The number of hydrogen-bond acceptors (Lipinski definition) is 18. The van der Waals surface area contributed by atoms with Gasteiger partial charge in [-0.1, -0.05) is 70.9 Å². The molecule has 450 valence electrons. The summed E-state index contributed by atoms with van der Waals surface area (Å²) in [5.74, 6) is 1.05. The second kappa shape index (κ2) is 29.9. The Kier molecular flexibility index (Phi) is 22.8. The predicted molar refractivity (Wildman–Crippen MR) is 313 cm³/mol. The van der Waals surface area contributed by atoms with Gasteiger partial charge in [0, 0.05) is 105 Å². The van der Waals surface area contributed by atoms with Crippen LogP contribution in [0.4, 0.5) is 0 Å². The van der Waals surface area contributed by atoms with Crippen molar-refractivity contribution in [1.82, 2.24) is 68.1 Å². The highest BCUT2D eigenvalue weighted by atomic mass is 35.5. The Hall–Kier alpha value is -3.72. The van der Waals surface area contributed by atoms with E-state index in [1.54, 1.807) is 11.0 Å². The topological polar surface area (TPSA) is 237 Å². The monoisotopic (exact) mass is 1170 g/mol. The lowest BCUT2D eigenvalue weighted by atomic mass is 9.88. The maximum Gasteiger partial charge on any atom is 0.255 e. The molecule has 9 rings (SSSR count). The summed E-state index contributed by atoms with van der Waals surface area (Å²) in [5.41, 5.74) is 13.5. The molecule has 0 radical (unpaired) electrons. The van der Waals surface area contributed by atoms with Crippen molar-refractivity contribution < 1.29 is 38.5 Å². The third-order valence-corrected chi connectivity index (χ3v) is 19.3. The number of likely N-dealkylation sites (tertiary alicyclic amines) is 1. The molecular formula is C58H92ClN13O8S. The van der Waals surface area contributed by atoms with Crippen molar-refractivity contribution in [3.8, 4) is 5.75 Å². The number of thioether (sulfide) groups is 1. The summed E-state index contributed by atoms with van der Waals surface area (Å²) in [6.45, 7) is 16.3. The lowest BCUT2D eigenvalue weighted by molar-refractivity contribution is -0.143. The van der Waals surface area contributed by atoms with E-state index >= 15 is 0 Å². The van der Waals surface area contributed by atoms with Crippen LogP contribution in [0.3, 0.4) is 0 Å². The number of β-amino-alcohol motifs (C(OH)–C–C–N with tert-alkyl or cyclic N) is 1. The molecule has 21 nitrogen and oxygen atoms in total. The second-order valence-corrected chi connectivity index (χ2v) is 25.2. The minimum atomic E-state index is -0.892. The van der Waals surface area contributed by atoms with Crippen LogP contribution in [-0.2, 0) is 36.9 Å². The number of benzene rings is 2. The van der Waals surface area contributed by atoms with Crippen LogP contribution in [0.2, 0.25) is 0 Å². The van der Waals surface area contributed by atoms with Gasteiger partial charge in [-0.05, 0) is 80.5 Å². The molecule has 0 bridgehead atoms. The fraction of sp³-hybridized carbons (Fsp3) is 0.724. The van der Waals surface area contributed by atoms with Gasteiger partial charge in [0.25, 0.3) is 5.91 Å². The van der Waals surface area contributed by atoms with E-state index in [9.17, 15) is 24.3 Å². The van der Waals surface area contributed by atoms with E-state index in [1.807, 2.05) is 55.9 Å². The minimum absolute atomic E-state index is 0.0135. The zero-order valence-electron chi connectivity index (χ0n) is 48.3. The summed E-state index contributed by atoms with van der Waals surface area (Å²) >= 11 is 8.58. The van der Waals surface area contributed by atoms with Gasteiger partial charge in [-0.15, -0.1) is 23.4 Å². The fourth-order valence-electron chi connectivity index (χ4n) is 13.1. The number of rotatable bonds is 29. The molecule has 6 aliphatic heterocycles. The van der Waals surface area contributed by atoms with Crippen molar-refractivity contribution in [3.63, 3.8) is 0 Å². The Balaban J connectivity index is 0.630. The molecular weight excluding hydrogens is 1070 g/mol. The third kappa shape index (κ3) is 16.0. The first kappa shape index (κ1) is 61.8. The van der Waals surface area contributed by atoms with Crippen LogP contribution in [0.5, 0.6) is 5.75 Å². The lowest BCUT2D eigenvalue weighted by Gasteiger charge is -2.46. The van der Waals surface area contributed by atoms with Crippen molar-refractivity contribution in [1.29, 1.82) is 0 Å². The molecule has 1 saturated carbocycles. The molecule has 12 atom stereocenters. The highest BCUT2D eigenvalue weighted by molar-refractivity contribution is 7.99. The molecule has 2 aromatic carbocycles. The number of carbonyl (C=O) groups excluding carboxylic acids is 4. The van der Waals surface area contributed by atoms with Gasteiger partial charge in [-0.25, -0.2) is 15.4 Å².